The van der Waals surface area contributed by atoms with Crippen LogP contribution in [-0.2, 0) is 4.74 Å². The topological polar surface area (TPSA) is 84.6 Å². The molecule has 0 atom stereocenters. The standard InChI is InChI=1S/C11H16ClN5O2/c1-2-19-11(18)17-5-3-16(4-6-17)9-7-8(12)14-10(13)15-9/h7H,2-6H2,1H3,(H2,13,14,15). The summed E-state index contributed by atoms with van der Waals surface area (Å²) in [6.45, 7) is 4.66. The van der Waals surface area contributed by atoms with Gasteiger partial charge in [-0.05, 0) is 6.92 Å². The number of hydrogen-bond donors (Lipinski definition) is 1. The normalized spacial score (nSPS) is 15.5. The molecule has 1 amide bonds. The van der Waals surface area contributed by atoms with Crippen LogP contribution in [0.25, 0.3) is 0 Å². The minimum Gasteiger partial charge on any atom is -0.450 e. The predicted octanol–water partition coefficient (Wildman–Crippen LogP) is 0.991. The third-order valence-corrected chi connectivity index (χ3v) is 3.02. The van der Waals surface area contributed by atoms with Gasteiger partial charge in [0.05, 0.1) is 6.61 Å². The summed E-state index contributed by atoms with van der Waals surface area (Å²) >= 11 is 5.85. The third-order valence-electron chi connectivity index (χ3n) is 2.83. The highest BCUT2D eigenvalue weighted by Crippen LogP contribution is 2.18. The second-order valence-electron chi connectivity index (χ2n) is 4.08. The van der Waals surface area contributed by atoms with E-state index >= 15 is 0 Å². The van der Waals surface area contributed by atoms with E-state index in [2.05, 4.69) is 9.97 Å². The Hall–Kier alpha value is -1.76. The number of carbonyl (C=O) groups is 1. The molecule has 0 radical (unpaired) electrons. The molecule has 0 spiro atoms. The molecule has 19 heavy (non-hydrogen) atoms. The van der Waals surface area contributed by atoms with Gasteiger partial charge >= 0.3 is 6.09 Å². The quantitative estimate of drug-likeness (QED) is 0.816. The average molecular weight is 286 g/mol. The van der Waals surface area contributed by atoms with E-state index in [1.165, 1.54) is 0 Å². The highest BCUT2D eigenvalue weighted by Gasteiger charge is 2.23. The zero-order chi connectivity index (χ0) is 13.8. The van der Waals surface area contributed by atoms with E-state index in [0.29, 0.717) is 43.8 Å². The lowest BCUT2D eigenvalue weighted by Gasteiger charge is -2.34. The van der Waals surface area contributed by atoms with Gasteiger partial charge in [0, 0.05) is 32.2 Å². The Labute approximate surface area is 116 Å². The number of nitrogen functional groups attached to an aromatic ring is 1. The molecule has 0 aromatic carbocycles. The number of nitrogens with zero attached hydrogens (tertiary/aromatic N) is 4. The zero-order valence-electron chi connectivity index (χ0n) is 10.7. The molecule has 0 bridgehead atoms. The summed E-state index contributed by atoms with van der Waals surface area (Å²) < 4.78 is 4.96. The van der Waals surface area contributed by atoms with Gasteiger partial charge in [0.1, 0.15) is 11.0 Å². The smallest absolute Gasteiger partial charge is 0.409 e. The van der Waals surface area contributed by atoms with Crippen LogP contribution < -0.4 is 10.6 Å². The van der Waals surface area contributed by atoms with Crippen LogP contribution in [0.15, 0.2) is 6.07 Å². The van der Waals surface area contributed by atoms with E-state index in [1.807, 2.05) is 4.90 Å². The maximum absolute atomic E-state index is 11.6. The molecule has 0 unspecified atom stereocenters. The van der Waals surface area contributed by atoms with Crippen molar-refractivity contribution in [2.45, 2.75) is 6.92 Å². The van der Waals surface area contributed by atoms with Crippen molar-refractivity contribution in [1.29, 1.82) is 0 Å². The van der Waals surface area contributed by atoms with Gasteiger partial charge in [-0.3, -0.25) is 0 Å². The molecule has 1 aromatic rings. The van der Waals surface area contributed by atoms with Crippen molar-refractivity contribution in [1.82, 2.24) is 14.9 Å². The molecular formula is C11H16ClN5O2. The van der Waals surface area contributed by atoms with Crippen molar-refractivity contribution >= 4 is 29.5 Å². The number of carbonyl (C=O) groups excluding carboxylic acids is 1. The lowest BCUT2D eigenvalue weighted by Crippen LogP contribution is -2.49. The van der Waals surface area contributed by atoms with Crippen LogP contribution in [0.4, 0.5) is 16.6 Å². The summed E-state index contributed by atoms with van der Waals surface area (Å²) in [6, 6.07) is 1.66. The molecule has 104 valence electrons. The van der Waals surface area contributed by atoms with E-state index in [4.69, 9.17) is 22.1 Å². The number of piperazine rings is 1. The Morgan fingerprint density at radius 3 is 2.68 bits per heavy atom. The maximum atomic E-state index is 11.6. The lowest BCUT2D eigenvalue weighted by molar-refractivity contribution is 0.105. The van der Waals surface area contributed by atoms with E-state index in [1.54, 1.807) is 17.9 Å². The maximum Gasteiger partial charge on any atom is 0.409 e. The van der Waals surface area contributed by atoms with Gasteiger partial charge in [-0.15, -0.1) is 0 Å². The van der Waals surface area contributed by atoms with Crippen molar-refractivity contribution in [3.8, 4) is 0 Å². The number of ether oxygens (including phenoxy) is 1. The fourth-order valence-corrected chi connectivity index (χ4v) is 2.10. The summed E-state index contributed by atoms with van der Waals surface area (Å²) in [5, 5.41) is 0.315. The van der Waals surface area contributed by atoms with E-state index in [0.717, 1.165) is 0 Å². The van der Waals surface area contributed by atoms with Crippen LogP contribution in [-0.4, -0.2) is 53.7 Å². The number of hydrogen-bond acceptors (Lipinski definition) is 6. The predicted molar refractivity (Wildman–Crippen MR) is 72.3 cm³/mol. The summed E-state index contributed by atoms with van der Waals surface area (Å²) in [4.78, 5) is 23.2. The molecule has 7 nitrogen and oxygen atoms in total. The first-order valence-corrected chi connectivity index (χ1v) is 6.44. The number of nitrogens with two attached hydrogens (primary N) is 1. The second-order valence-corrected chi connectivity index (χ2v) is 4.47. The zero-order valence-corrected chi connectivity index (χ0v) is 11.4. The van der Waals surface area contributed by atoms with E-state index in [9.17, 15) is 4.79 Å². The molecule has 0 aliphatic carbocycles. The van der Waals surface area contributed by atoms with Crippen LogP contribution in [0, 0.1) is 0 Å². The number of rotatable bonds is 2. The van der Waals surface area contributed by atoms with E-state index in [-0.39, 0.29) is 12.0 Å². The van der Waals surface area contributed by atoms with Gasteiger partial charge in [-0.2, -0.15) is 4.98 Å². The fourth-order valence-electron chi connectivity index (χ4n) is 1.92. The van der Waals surface area contributed by atoms with Crippen molar-refractivity contribution in [3.05, 3.63) is 11.2 Å². The van der Waals surface area contributed by atoms with Crippen LogP contribution >= 0.6 is 11.6 Å². The number of aromatic nitrogens is 2. The summed E-state index contributed by atoms with van der Waals surface area (Å²) in [5.41, 5.74) is 5.56. The first-order chi connectivity index (χ1) is 9.10. The summed E-state index contributed by atoms with van der Waals surface area (Å²) in [6.07, 6.45) is -0.276. The van der Waals surface area contributed by atoms with Gasteiger partial charge in [0.2, 0.25) is 5.95 Å². The van der Waals surface area contributed by atoms with Gasteiger partial charge in [-0.25, -0.2) is 9.78 Å². The molecule has 0 saturated carbocycles. The van der Waals surface area contributed by atoms with Crippen LogP contribution in [0.2, 0.25) is 5.15 Å². The molecule has 2 heterocycles. The SMILES string of the molecule is CCOC(=O)N1CCN(c2cc(Cl)nc(N)n2)CC1. The molecule has 8 heteroatoms. The van der Waals surface area contributed by atoms with Crippen LogP contribution in [0.5, 0.6) is 0 Å². The molecule has 2 rings (SSSR count). The second kappa shape index (κ2) is 5.92. The minimum atomic E-state index is -0.276. The van der Waals surface area contributed by atoms with Crippen LogP contribution in [0.3, 0.4) is 0 Å². The van der Waals surface area contributed by atoms with Gasteiger partial charge < -0.3 is 20.3 Å². The Morgan fingerprint density at radius 1 is 1.42 bits per heavy atom. The highest BCUT2D eigenvalue weighted by molar-refractivity contribution is 6.29. The highest BCUT2D eigenvalue weighted by atomic mass is 35.5. The first kappa shape index (κ1) is 13.7. The van der Waals surface area contributed by atoms with Crippen molar-refractivity contribution < 1.29 is 9.53 Å². The Bertz CT molecular complexity index is 442. The van der Waals surface area contributed by atoms with Crippen LogP contribution in [0.1, 0.15) is 6.92 Å². The third kappa shape index (κ3) is 3.37. The number of amides is 1. The molecule has 1 aliphatic heterocycles. The molecule has 2 N–H and O–H groups in total. The largest absolute Gasteiger partial charge is 0.450 e. The van der Waals surface area contributed by atoms with Crippen molar-refractivity contribution in [2.75, 3.05) is 43.4 Å². The monoisotopic (exact) mass is 285 g/mol. The van der Waals surface area contributed by atoms with Crippen molar-refractivity contribution in [3.63, 3.8) is 0 Å². The Kier molecular flexibility index (Phi) is 4.26. The average Bonchev–Trinajstić information content (AvgIpc) is 2.38. The summed E-state index contributed by atoms with van der Waals surface area (Å²) in [7, 11) is 0. The molecule has 1 aliphatic rings. The van der Waals surface area contributed by atoms with Crippen molar-refractivity contribution in [2.24, 2.45) is 0 Å². The number of halogens is 1. The molecule has 1 aromatic heterocycles. The molecule has 1 fully saturated rings. The first-order valence-electron chi connectivity index (χ1n) is 6.07. The Morgan fingerprint density at radius 2 is 2.11 bits per heavy atom. The fraction of sp³-hybridized carbons (Fsp3) is 0.545. The molecule has 1 saturated heterocycles. The van der Waals surface area contributed by atoms with Gasteiger partial charge in [0.25, 0.3) is 0 Å². The summed E-state index contributed by atoms with van der Waals surface area (Å²) in [5.74, 6) is 0.830. The molecular weight excluding hydrogens is 270 g/mol. The Balaban J connectivity index is 1.97. The minimum absolute atomic E-state index is 0.148. The number of anilines is 2. The lowest BCUT2D eigenvalue weighted by atomic mass is 10.3. The van der Waals surface area contributed by atoms with E-state index < -0.39 is 0 Å². The van der Waals surface area contributed by atoms with Gasteiger partial charge in [0.15, 0.2) is 0 Å². The van der Waals surface area contributed by atoms with Gasteiger partial charge in [-0.1, -0.05) is 11.6 Å².